The number of carbonyl (C=O) groups excluding carboxylic acids is 1. The lowest BCUT2D eigenvalue weighted by atomic mass is 10.0. The Labute approximate surface area is 146 Å². The lowest BCUT2D eigenvalue weighted by molar-refractivity contribution is -0.132. The zero-order chi connectivity index (χ0) is 17.6. The number of rotatable bonds is 3. The molecule has 2 aliphatic rings. The SMILES string of the molecule is CN(C(=O)Cn1ncc2ccccc2c1=O)C1C[C@H]2CC(O)C[C@H]2C1. The van der Waals surface area contributed by atoms with Crippen molar-refractivity contribution < 1.29 is 9.90 Å². The van der Waals surface area contributed by atoms with Crippen LogP contribution in [-0.4, -0.2) is 44.9 Å². The molecule has 25 heavy (non-hydrogen) atoms. The highest BCUT2D eigenvalue weighted by Gasteiger charge is 2.43. The summed E-state index contributed by atoms with van der Waals surface area (Å²) in [6.45, 7) is -0.0331. The van der Waals surface area contributed by atoms with Crippen LogP contribution in [0.25, 0.3) is 10.8 Å². The molecule has 1 N–H and O–H groups in total. The highest BCUT2D eigenvalue weighted by Crippen LogP contribution is 2.45. The summed E-state index contributed by atoms with van der Waals surface area (Å²) in [7, 11) is 1.82. The Hall–Kier alpha value is -2.21. The highest BCUT2D eigenvalue weighted by atomic mass is 16.3. The quantitative estimate of drug-likeness (QED) is 0.916. The fourth-order valence-corrected chi connectivity index (χ4v) is 4.55. The van der Waals surface area contributed by atoms with E-state index < -0.39 is 0 Å². The predicted octanol–water partition coefficient (Wildman–Crippen LogP) is 1.40. The van der Waals surface area contributed by atoms with Gasteiger partial charge in [0.25, 0.3) is 5.56 Å². The molecule has 4 rings (SSSR count). The number of nitrogens with zero attached hydrogens (tertiary/aromatic N) is 3. The van der Waals surface area contributed by atoms with Crippen LogP contribution in [0.2, 0.25) is 0 Å². The van der Waals surface area contributed by atoms with E-state index in [1.165, 1.54) is 4.68 Å². The number of aliphatic hydroxyl groups is 1. The molecule has 6 heteroatoms. The van der Waals surface area contributed by atoms with Gasteiger partial charge in [-0.05, 0) is 43.6 Å². The zero-order valence-corrected chi connectivity index (χ0v) is 14.3. The van der Waals surface area contributed by atoms with Crippen molar-refractivity contribution in [2.75, 3.05) is 7.05 Å². The standard InChI is InChI=1S/C19H23N3O3/c1-21(15-6-13-8-16(23)9-14(13)7-15)18(24)11-22-19(25)17-5-3-2-4-12(17)10-20-22/h2-5,10,13-16,23H,6-9,11H2,1H3/t13-,14+,15?,16?. The fourth-order valence-electron chi connectivity index (χ4n) is 4.55. The van der Waals surface area contributed by atoms with E-state index in [4.69, 9.17) is 0 Å². The minimum absolute atomic E-state index is 0.0331. The van der Waals surface area contributed by atoms with Crippen molar-refractivity contribution in [3.63, 3.8) is 0 Å². The summed E-state index contributed by atoms with van der Waals surface area (Å²) in [5.41, 5.74) is -0.230. The topological polar surface area (TPSA) is 75.4 Å². The molecule has 0 saturated heterocycles. The van der Waals surface area contributed by atoms with Crippen molar-refractivity contribution >= 4 is 16.7 Å². The van der Waals surface area contributed by atoms with E-state index in [2.05, 4.69) is 5.10 Å². The van der Waals surface area contributed by atoms with Gasteiger partial charge in [0, 0.05) is 18.5 Å². The van der Waals surface area contributed by atoms with Gasteiger partial charge in [-0.15, -0.1) is 0 Å². The Bertz CT molecular complexity index is 848. The maximum absolute atomic E-state index is 12.6. The van der Waals surface area contributed by atoms with Crippen LogP contribution in [0.4, 0.5) is 0 Å². The second-order valence-electron chi connectivity index (χ2n) is 7.47. The van der Waals surface area contributed by atoms with Crippen LogP contribution in [0.3, 0.4) is 0 Å². The molecule has 2 fully saturated rings. The monoisotopic (exact) mass is 341 g/mol. The molecule has 1 aromatic carbocycles. The zero-order valence-electron chi connectivity index (χ0n) is 14.3. The largest absolute Gasteiger partial charge is 0.393 e. The van der Waals surface area contributed by atoms with Crippen molar-refractivity contribution in [2.24, 2.45) is 11.8 Å². The summed E-state index contributed by atoms with van der Waals surface area (Å²) < 4.78 is 1.25. The van der Waals surface area contributed by atoms with Gasteiger partial charge in [0.1, 0.15) is 6.54 Å². The Morgan fingerprint density at radius 1 is 1.24 bits per heavy atom. The summed E-state index contributed by atoms with van der Waals surface area (Å²) in [5, 5.41) is 15.3. The molecule has 2 aliphatic carbocycles. The van der Waals surface area contributed by atoms with Crippen LogP contribution in [0.5, 0.6) is 0 Å². The molecule has 0 spiro atoms. The fraction of sp³-hybridized carbons (Fsp3) is 0.526. The number of hydrogen-bond acceptors (Lipinski definition) is 4. The first-order valence-corrected chi connectivity index (χ1v) is 8.91. The lowest BCUT2D eigenvalue weighted by Gasteiger charge is -2.25. The van der Waals surface area contributed by atoms with Crippen LogP contribution >= 0.6 is 0 Å². The number of benzene rings is 1. The number of aromatic nitrogens is 2. The summed E-state index contributed by atoms with van der Waals surface area (Å²) in [5.74, 6) is 0.962. The maximum atomic E-state index is 12.6. The first kappa shape index (κ1) is 16.3. The van der Waals surface area contributed by atoms with Gasteiger partial charge in [-0.25, -0.2) is 4.68 Å². The van der Waals surface area contributed by atoms with Crippen molar-refractivity contribution in [3.8, 4) is 0 Å². The number of fused-ring (bicyclic) bond motifs is 2. The van der Waals surface area contributed by atoms with Gasteiger partial charge >= 0.3 is 0 Å². The highest BCUT2D eigenvalue weighted by molar-refractivity contribution is 5.81. The second kappa shape index (κ2) is 6.26. The van der Waals surface area contributed by atoms with E-state index in [9.17, 15) is 14.7 Å². The maximum Gasteiger partial charge on any atom is 0.275 e. The Morgan fingerprint density at radius 2 is 1.92 bits per heavy atom. The van der Waals surface area contributed by atoms with Gasteiger partial charge in [0.15, 0.2) is 0 Å². The van der Waals surface area contributed by atoms with Gasteiger partial charge in [0.2, 0.25) is 5.91 Å². The van der Waals surface area contributed by atoms with E-state index >= 15 is 0 Å². The van der Waals surface area contributed by atoms with Crippen LogP contribution < -0.4 is 5.56 Å². The molecule has 4 atom stereocenters. The predicted molar refractivity (Wildman–Crippen MR) is 94.0 cm³/mol. The molecule has 2 saturated carbocycles. The number of carbonyl (C=O) groups is 1. The molecular formula is C19H23N3O3. The van der Waals surface area contributed by atoms with Crippen molar-refractivity contribution in [1.29, 1.82) is 0 Å². The average Bonchev–Trinajstić information content (AvgIpc) is 3.14. The molecule has 132 valence electrons. The first-order chi connectivity index (χ1) is 12.0. The minimum Gasteiger partial charge on any atom is -0.393 e. The van der Waals surface area contributed by atoms with Crippen LogP contribution in [-0.2, 0) is 11.3 Å². The molecule has 1 amide bonds. The van der Waals surface area contributed by atoms with Gasteiger partial charge in [-0.3, -0.25) is 9.59 Å². The smallest absolute Gasteiger partial charge is 0.275 e. The van der Waals surface area contributed by atoms with Gasteiger partial charge in [-0.1, -0.05) is 18.2 Å². The number of likely N-dealkylation sites (N-methyl/N-ethyl adjacent to an activating group) is 1. The van der Waals surface area contributed by atoms with Gasteiger partial charge in [0.05, 0.1) is 17.7 Å². The molecule has 2 unspecified atom stereocenters. The van der Waals surface area contributed by atoms with E-state index in [0.717, 1.165) is 31.1 Å². The summed E-state index contributed by atoms with van der Waals surface area (Å²) >= 11 is 0. The molecule has 6 nitrogen and oxygen atoms in total. The summed E-state index contributed by atoms with van der Waals surface area (Å²) in [4.78, 5) is 26.9. The van der Waals surface area contributed by atoms with E-state index in [0.29, 0.717) is 17.2 Å². The van der Waals surface area contributed by atoms with Crippen LogP contribution in [0.15, 0.2) is 35.3 Å². The van der Waals surface area contributed by atoms with E-state index in [1.807, 2.05) is 25.2 Å². The minimum atomic E-state index is -0.230. The number of amides is 1. The Kier molecular flexibility index (Phi) is 4.07. The van der Waals surface area contributed by atoms with Gasteiger partial charge in [-0.2, -0.15) is 5.10 Å². The average molecular weight is 341 g/mol. The van der Waals surface area contributed by atoms with Crippen LogP contribution in [0, 0.1) is 11.8 Å². The Morgan fingerprint density at radius 3 is 2.64 bits per heavy atom. The molecular weight excluding hydrogens is 318 g/mol. The van der Waals surface area contributed by atoms with E-state index in [1.54, 1.807) is 17.2 Å². The Balaban J connectivity index is 1.47. The van der Waals surface area contributed by atoms with Gasteiger partial charge < -0.3 is 10.0 Å². The molecule has 1 heterocycles. The normalized spacial score (nSPS) is 28.2. The van der Waals surface area contributed by atoms with Crippen molar-refractivity contribution in [2.45, 2.75) is 44.4 Å². The number of aliphatic hydroxyl groups excluding tert-OH is 1. The third kappa shape index (κ3) is 2.95. The third-order valence-corrected chi connectivity index (χ3v) is 5.95. The molecule has 1 aromatic heterocycles. The molecule has 0 bridgehead atoms. The molecule has 2 aromatic rings. The van der Waals surface area contributed by atoms with E-state index in [-0.39, 0.29) is 30.2 Å². The second-order valence-corrected chi connectivity index (χ2v) is 7.47. The molecule has 0 aliphatic heterocycles. The first-order valence-electron chi connectivity index (χ1n) is 8.91. The molecule has 0 radical (unpaired) electrons. The third-order valence-electron chi connectivity index (χ3n) is 5.95. The lowest BCUT2D eigenvalue weighted by Crippen LogP contribution is -2.40. The number of hydrogen-bond donors (Lipinski definition) is 1. The summed E-state index contributed by atoms with van der Waals surface area (Å²) in [6.07, 6.45) is 5.07. The van der Waals surface area contributed by atoms with Crippen molar-refractivity contribution in [1.82, 2.24) is 14.7 Å². The van der Waals surface area contributed by atoms with Crippen LogP contribution in [0.1, 0.15) is 25.7 Å². The summed E-state index contributed by atoms with van der Waals surface area (Å²) in [6, 6.07) is 7.47. The van der Waals surface area contributed by atoms with Crippen molar-refractivity contribution in [3.05, 3.63) is 40.8 Å².